The first-order valence-corrected chi connectivity index (χ1v) is 6.17. The summed E-state index contributed by atoms with van der Waals surface area (Å²) < 4.78 is 0. The maximum Gasteiger partial charge on any atom is 0.244 e. The third-order valence-electron chi connectivity index (χ3n) is 3.08. The molecule has 0 aliphatic carbocycles. The normalized spacial score (nSPS) is 19.4. The number of hydrogen-bond acceptors (Lipinski definition) is 3. The number of nitrogens with one attached hydrogen (secondary N) is 1. The van der Waals surface area contributed by atoms with Crippen molar-refractivity contribution in [2.45, 2.75) is 25.8 Å². The van der Waals surface area contributed by atoms with Gasteiger partial charge in [0, 0.05) is 13.6 Å². The zero-order valence-corrected chi connectivity index (χ0v) is 10.8. The summed E-state index contributed by atoms with van der Waals surface area (Å²) in [6.45, 7) is 2.82. The second-order valence-electron chi connectivity index (χ2n) is 4.46. The number of nitrogens with zero attached hydrogens (tertiary/aromatic N) is 3. The summed E-state index contributed by atoms with van der Waals surface area (Å²) in [6, 6.07) is 7.65. The van der Waals surface area contributed by atoms with Gasteiger partial charge in [0.2, 0.25) is 5.91 Å². The van der Waals surface area contributed by atoms with E-state index < -0.39 is 0 Å². The van der Waals surface area contributed by atoms with Crippen molar-refractivity contribution in [2.75, 3.05) is 13.6 Å². The molecule has 0 bridgehead atoms. The largest absolute Gasteiger partial charge is 0.357 e. The Bertz CT molecular complexity index is 441. The van der Waals surface area contributed by atoms with E-state index in [1.165, 1.54) is 5.56 Å². The molecule has 18 heavy (non-hydrogen) atoms. The molecule has 0 saturated carbocycles. The van der Waals surface area contributed by atoms with Crippen LogP contribution in [0.1, 0.15) is 18.4 Å². The van der Waals surface area contributed by atoms with Crippen LogP contribution in [0.4, 0.5) is 5.69 Å². The molecule has 96 valence electrons. The van der Waals surface area contributed by atoms with Gasteiger partial charge in [0.15, 0.2) is 0 Å². The third kappa shape index (κ3) is 2.85. The van der Waals surface area contributed by atoms with E-state index in [1.54, 1.807) is 12.1 Å². The lowest BCUT2D eigenvalue weighted by molar-refractivity contribution is -0.125. The Morgan fingerprint density at radius 3 is 2.78 bits per heavy atom. The number of hydrogen-bond donors (Lipinski definition) is 1. The van der Waals surface area contributed by atoms with Gasteiger partial charge in [-0.15, -0.1) is 5.11 Å². The van der Waals surface area contributed by atoms with Crippen LogP contribution in [0.3, 0.4) is 0 Å². The van der Waals surface area contributed by atoms with Crippen molar-refractivity contribution in [3.8, 4) is 0 Å². The van der Waals surface area contributed by atoms with Gasteiger partial charge in [0.25, 0.3) is 0 Å². The van der Waals surface area contributed by atoms with Crippen LogP contribution in [0, 0.1) is 6.92 Å². The highest BCUT2D eigenvalue weighted by atomic mass is 16.2. The van der Waals surface area contributed by atoms with E-state index in [0.717, 1.165) is 25.1 Å². The minimum Gasteiger partial charge on any atom is -0.357 e. The first-order valence-electron chi connectivity index (χ1n) is 6.17. The summed E-state index contributed by atoms with van der Waals surface area (Å²) in [7, 11) is 1.65. The molecule has 0 aromatic heterocycles. The Morgan fingerprint density at radius 2 is 2.11 bits per heavy atom. The molecule has 0 spiro atoms. The van der Waals surface area contributed by atoms with Crippen LogP contribution in [0.15, 0.2) is 34.6 Å². The van der Waals surface area contributed by atoms with Gasteiger partial charge < -0.3 is 5.32 Å². The smallest absolute Gasteiger partial charge is 0.244 e. The van der Waals surface area contributed by atoms with Crippen molar-refractivity contribution in [1.29, 1.82) is 0 Å². The zero-order chi connectivity index (χ0) is 13.0. The molecule has 1 amide bonds. The van der Waals surface area contributed by atoms with Crippen LogP contribution in [0.5, 0.6) is 0 Å². The lowest BCUT2D eigenvalue weighted by atomic mass is 10.2. The van der Waals surface area contributed by atoms with E-state index in [0.29, 0.717) is 0 Å². The van der Waals surface area contributed by atoms with Crippen molar-refractivity contribution >= 4 is 11.6 Å². The van der Waals surface area contributed by atoms with Gasteiger partial charge in [-0.25, -0.2) is 0 Å². The van der Waals surface area contributed by atoms with Crippen molar-refractivity contribution < 1.29 is 4.79 Å². The van der Waals surface area contributed by atoms with Crippen LogP contribution in [0.2, 0.25) is 0 Å². The average molecular weight is 246 g/mol. The standard InChI is InChI=1S/C13H18N4O/c1-10-5-7-11(8-6-10)15-16-17-9-3-4-12(17)13(18)14-2/h5-8,12H,3-4,9H2,1-2H3,(H,14,18)/t12-/m1/s1. The maximum atomic E-state index is 11.6. The molecular weight excluding hydrogens is 228 g/mol. The molecule has 0 radical (unpaired) electrons. The highest BCUT2D eigenvalue weighted by Crippen LogP contribution is 2.20. The van der Waals surface area contributed by atoms with Gasteiger partial charge in [0.1, 0.15) is 6.04 Å². The third-order valence-corrected chi connectivity index (χ3v) is 3.08. The molecule has 1 aromatic rings. The number of rotatable bonds is 3. The molecule has 1 N–H and O–H groups in total. The molecule has 0 unspecified atom stereocenters. The number of benzene rings is 1. The van der Waals surface area contributed by atoms with Crippen molar-refractivity contribution in [3.05, 3.63) is 29.8 Å². The molecule has 1 aliphatic rings. The highest BCUT2D eigenvalue weighted by Gasteiger charge is 2.29. The molecule has 1 saturated heterocycles. The topological polar surface area (TPSA) is 57.1 Å². The lowest BCUT2D eigenvalue weighted by Gasteiger charge is -2.17. The fourth-order valence-electron chi connectivity index (χ4n) is 2.01. The van der Waals surface area contributed by atoms with Crippen LogP contribution in [-0.2, 0) is 4.79 Å². The van der Waals surface area contributed by atoms with Crippen LogP contribution in [0.25, 0.3) is 0 Å². The molecule has 1 aromatic carbocycles. The van der Waals surface area contributed by atoms with Crippen molar-refractivity contribution in [2.24, 2.45) is 10.3 Å². The molecule has 5 heteroatoms. The molecule has 1 aliphatic heterocycles. The Morgan fingerprint density at radius 1 is 1.39 bits per heavy atom. The molecule has 5 nitrogen and oxygen atoms in total. The van der Waals surface area contributed by atoms with E-state index in [4.69, 9.17) is 0 Å². The highest BCUT2D eigenvalue weighted by molar-refractivity contribution is 5.81. The minimum absolute atomic E-state index is 0.00959. The number of likely N-dealkylation sites (N-methyl/N-ethyl adjacent to an activating group) is 1. The van der Waals surface area contributed by atoms with Crippen molar-refractivity contribution in [1.82, 2.24) is 10.3 Å². The molecule has 2 rings (SSSR count). The van der Waals surface area contributed by atoms with Crippen LogP contribution in [-0.4, -0.2) is 30.6 Å². The first kappa shape index (κ1) is 12.5. The van der Waals surface area contributed by atoms with Crippen LogP contribution < -0.4 is 5.32 Å². The second kappa shape index (κ2) is 5.62. The Kier molecular flexibility index (Phi) is 3.92. The maximum absolute atomic E-state index is 11.6. The number of aryl methyl sites for hydroxylation is 1. The second-order valence-corrected chi connectivity index (χ2v) is 4.46. The fourth-order valence-corrected chi connectivity index (χ4v) is 2.01. The van der Waals surface area contributed by atoms with Gasteiger partial charge in [-0.05, 0) is 31.9 Å². The number of carbonyl (C=O) groups is 1. The first-order chi connectivity index (χ1) is 8.70. The van der Waals surface area contributed by atoms with E-state index in [1.807, 2.05) is 31.2 Å². The molecule has 1 heterocycles. The minimum atomic E-state index is -0.177. The van der Waals surface area contributed by atoms with Gasteiger partial charge in [-0.2, -0.15) is 0 Å². The van der Waals surface area contributed by atoms with Gasteiger partial charge in [0.05, 0.1) is 5.69 Å². The predicted molar refractivity (Wildman–Crippen MR) is 69.5 cm³/mol. The van der Waals surface area contributed by atoms with E-state index in [2.05, 4.69) is 15.7 Å². The molecular formula is C13H18N4O. The summed E-state index contributed by atoms with van der Waals surface area (Å²) in [5, 5.41) is 12.8. The van der Waals surface area contributed by atoms with Crippen molar-refractivity contribution in [3.63, 3.8) is 0 Å². The summed E-state index contributed by atoms with van der Waals surface area (Å²) in [5.74, 6) is 0.00959. The monoisotopic (exact) mass is 246 g/mol. The van der Waals surface area contributed by atoms with Gasteiger partial charge in [-0.1, -0.05) is 22.9 Å². The molecule has 1 atom stereocenters. The summed E-state index contributed by atoms with van der Waals surface area (Å²) in [5.41, 5.74) is 2.00. The molecule has 1 fully saturated rings. The van der Waals surface area contributed by atoms with Crippen LogP contribution >= 0.6 is 0 Å². The number of carbonyl (C=O) groups excluding carboxylic acids is 1. The predicted octanol–water partition coefficient (Wildman–Crippen LogP) is 2.20. The lowest BCUT2D eigenvalue weighted by Crippen LogP contribution is -2.39. The zero-order valence-electron chi connectivity index (χ0n) is 10.8. The van der Waals surface area contributed by atoms with E-state index in [9.17, 15) is 4.79 Å². The average Bonchev–Trinajstić information content (AvgIpc) is 2.85. The number of amides is 1. The Balaban J connectivity index is 2.04. The SMILES string of the molecule is CNC(=O)[C@H]1CCCN1N=Nc1ccc(C)cc1. The van der Waals surface area contributed by atoms with E-state index in [-0.39, 0.29) is 11.9 Å². The summed E-state index contributed by atoms with van der Waals surface area (Å²) >= 11 is 0. The van der Waals surface area contributed by atoms with E-state index >= 15 is 0 Å². The fraction of sp³-hybridized carbons (Fsp3) is 0.462. The summed E-state index contributed by atoms with van der Waals surface area (Å²) in [6.07, 6.45) is 1.82. The van der Waals surface area contributed by atoms with Gasteiger partial charge >= 0.3 is 0 Å². The quantitative estimate of drug-likeness (QED) is 0.831. The Hall–Kier alpha value is -1.91. The van der Waals surface area contributed by atoms with Gasteiger partial charge in [-0.3, -0.25) is 9.80 Å². The Labute approximate surface area is 107 Å². The summed E-state index contributed by atoms with van der Waals surface area (Å²) in [4.78, 5) is 11.6.